The second-order valence-corrected chi connectivity index (χ2v) is 11.0. The Hall–Kier alpha value is -2.23. The SMILES string of the molecule is Cc1cc(Cl)cnc1-c1ccnc(N2CCC(C(=O)N[C@H]3CCN(S(C)(=O)=O)C3)CC2)c1. The molecule has 32 heavy (non-hydrogen) atoms. The molecule has 10 heteroatoms. The van der Waals surface area contributed by atoms with Crippen molar-refractivity contribution in [1.29, 1.82) is 0 Å². The van der Waals surface area contributed by atoms with Crippen LogP contribution in [-0.2, 0) is 14.8 Å². The van der Waals surface area contributed by atoms with Crippen molar-refractivity contribution in [3.05, 3.63) is 41.2 Å². The van der Waals surface area contributed by atoms with Crippen molar-refractivity contribution < 1.29 is 13.2 Å². The van der Waals surface area contributed by atoms with E-state index in [1.807, 2.05) is 25.1 Å². The zero-order chi connectivity index (χ0) is 22.9. The van der Waals surface area contributed by atoms with Gasteiger partial charge in [0.2, 0.25) is 15.9 Å². The number of anilines is 1. The van der Waals surface area contributed by atoms with E-state index in [1.165, 1.54) is 10.6 Å². The smallest absolute Gasteiger partial charge is 0.223 e. The van der Waals surface area contributed by atoms with E-state index in [2.05, 4.69) is 20.2 Å². The lowest BCUT2D eigenvalue weighted by molar-refractivity contribution is -0.126. The number of carbonyl (C=O) groups excluding carboxylic acids is 1. The van der Waals surface area contributed by atoms with Crippen LogP contribution in [0.15, 0.2) is 30.6 Å². The van der Waals surface area contributed by atoms with E-state index in [-0.39, 0.29) is 17.9 Å². The van der Waals surface area contributed by atoms with Gasteiger partial charge in [-0.2, -0.15) is 0 Å². The fraction of sp³-hybridized carbons (Fsp3) is 0.500. The van der Waals surface area contributed by atoms with Crippen molar-refractivity contribution in [3.8, 4) is 11.3 Å². The van der Waals surface area contributed by atoms with Gasteiger partial charge < -0.3 is 10.2 Å². The van der Waals surface area contributed by atoms with Crippen molar-refractivity contribution in [3.63, 3.8) is 0 Å². The minimum atomic E-state index is -3.21. The lowest BCUT2D eigenvalue weighted by Gasteiger charge is -2.32. The highest BCUT2D eigenvalue weighted by Crippen LogP contribution is 2.28. The molecule has 2 aliphatic heterocycles. The van der Waals surface area contributed by atoms with Gasteiger partial charge in [0.25, 0.3) is 0 Å². The molecule has 0 aromatic carbocycles. The maximum Gasteiger partial charge on any atom is 0.223 e. The van der Waals surface area contributed by atoms with Crippen molar-refractivity contribution in [1.82, 2.24) is 19.6 Å². The van der Waals surface area contributed by atoms with Gasteiger partial charge in [-0.1, -0.05) is 11.6 Å². The van der Waals surface area contributed by atoms with Crippen LogP contribution in [0.4, 0.5) is 5.82 Å². The summed E-state index contributed by atoms with van der Waals surface area (Å²) in [5.74, 6) is 0.826. The van der Waals surface area contributed by atoms with Crippen LogP contribution in [0.3, 0.4) is 0 Å². The zero-order valence-electron chi connectivity index (χ0n) is 18.3. The molecule has 0 spiro atoms. The van der Waals surface area contributed by atoms with Gasteiger partial charge in [-0.05, 0) is 49.9 Å². The number of piperidine rings is 1. The maximum absolute atomic E-state index is 12.7. The van der Waals surface area contributed by atoms with Gasteiger partial charge in [-0.25, -0.2) is 17.7 Å². The average molecular weight is 478 g/mol. The Bertz CT molecular complexity index is 1100. The second kappa shape index (κ2) is 9.33. The van der Waals surface area contributed by atoms with Gasteiger partial charge in [0.05, 0.1) is 17.0 Å². The molecule has 0 unspecified atom stereocenters. The molecule has 4 heterocycles. The Morgan fingerprint density at radius 1 is 1.16 bits per heavy atom. The third-order valence-electron chi connectivity index (χ3n) is 6.22. The largest absolute Gasteiger partial charge is 0.357 e. The van der Waals surface area contributed by atoms with Gasteiger partial charge in [0, 0.05) is 56.1 Å². The minimum absolute atomic E-state index is 0.0210. The van der Waals surface area contributed by atoms with Crippen LogP contribution in [0.25, 0.3) is 11.3 Å². The predicted octanol–water partition coefficient (Wildman–Crippen LogP) is 2.47. The summed E-state index contributed by atoms with van der Waals surface area (Å²) in [4.78, 5) is 23.9. The summed E-state index contributed by atoms with van der Waals surface area (Å²) in [5, 5.41) is 3.66. The highest BCUT2D eigenvalue weighted by Gasteiger charge is 2.32. The molecule has 1 atom stereocenters. The van der Waals surface area contributed by atoms with Crippen LogP contribution in [0.1, 0.15) is 24.8 Å². The molecular formula is C22H28ClN5O3S. The summed E-state index contributed by atoms with van der Waals surface area (Å²) in [5.41, 5.74) is 2.87. The molecule has 1 amide bonds. The number of nitrogens with zero attached hydrogens (tertiary/aromatic N) is 4. The maximum atomic E-state index is 12.7. The molecule has 2 aromatic heterocycles. The summed E-state index contributed by atoms with van der Waals surface area (Å²) >= 11 is 6.03. The van der Waals surface area contributed by atoms with E-state index < -0.39 is 10.0 Å². The second-order valence-electron chi connectivity index (χ2n) is 8.60. The number of aryl methyl sites for hydroxylation is 1. The summed E-state index contributed by atoms with van der Waals surface area (Å²) in [6.45, 7) is 4.28. The molecule has 0 saturated carbocycles. The quantitative estimate of drug-likeness (QED) is 0.710. The normalized spacial score (nSPS) is 20.5. The molecular weight excluding hydrogens is 450 g/mol. The number of sulfonamides is 1. The highest BCUT2D eigenvalue weighted by molar-refractivity contribution is 7.88. The Morgan fingerprint density at radius 3 is 2.56 bits per heavy atom. The molecule has 2 fully saturated rings. The summed E-state index contributed by atoms with van der Waals surface area (Å²) in [6.07, 6.45) is 6.77. The first-order valence-corrected chi connectivity index (χ1v) is 13.0. The van der Waals surface area contributed by atoms with Crippen molar-refractivity contribution in [2.45, 2.75) is 32.2 Å². The average Bonchev–Trinajstić information content (AvgIpc) is 3.23. The van der Waals surface area contributed by atoms with Gasteiger partial charge >= 0.3 is 0 Å². The molecule has 4 rings (SSSR count). The van der Waals surface area contributed by atoms with E-state index in [9.17, 15) is 13.2 Å². The van der Waals surface area contributed by atoms with E-state index in [4.69, 9.17) is 11.6 Å². The van der Waals surface area contributed by atoms with E-state index in [1.54, 1.807) is 12.4 Å². The number of carbonyl (C=O) groups is 1. The number of aromatic nitrogens is 2. The molecule has 2 aliphatic rings. The molecule has 0 bridgehead atoms. The third kappa shape index (κ3) is 5.22. The van der Waals surface area contributed by atoms with Crippen LogP contribution in [0.2, 0.25) is 5.02 Å². The van der Waals surface area contributed by atoms with E-state index in [0.717, 1.165) is 48.6 Å². The number of hydrogen-bond acceptors (Lipinski definition) is 6. The molecule has 0 aliphatic carbocycles. The fourth-order valence-electron chi connectivity index (χ4n) is 4.42. The first kappa shape index (κ1) is 22.9. The lowest BCUT2D eigenvalue weighted by atomic mass is 9.95. The first-order chi connectivity index (χ1) is 15.2. The summed E-state index contributed by atoms with van der Waals surface area (Å²) < 4.78 is 24.8. The fourth-order valence-corrected chi connectivity index (χ4v) is 5.52. The standard InChI is InChI=1S/C22H28ClN5O3S/c1-15-11-18(23)13-25-21(15)17-3-7-24-20(12-17)27-8-4-16(5-9-27)22(29)26-19-6-10-28(14-19)32(2,30)31/h3,7,11-13,16,19H,4-6,8-10,14H2,1-2H3,(H,26,29)/t19-/m0/s1. The molecule has 0 radical (unpaired) electrons. The first-order valence-electron chi connectivity index (χ1n) is 10.8. The van der Waals surface area contributed by atoms with Crippen LogP contribution < -0.4 is 10.2 Å². The van der Waals surface area contributed by atoms with Gasteiger partial charge in [0.1, 0.15) is 5.82 Å². The Balaban J connectivity index is 1.34. The van der Waals surface area contributed by atoms with Crippen LogP contribution in [0.5, 0.6) is 0 Å². The Morgan fingerprint density at radius 2 is 1.91 bits per heavy atom. The topological polar surface area (TPSA) is 95.5 Å². The van der Waals surface area contributed by atoms with Crippen molar-refractivity contribution in [2.75, 3.05) is 37.3 Å². The number of rotatable bonds is 5. The molecule has 172 valence electrons. The lowest BCUT2D eigenvalue weighted by Crippen LogP contribution is -2.45. The highest BCUT2D eigenvalue weighted by atomic mass is 35.5. The molecule has 2 aromatic rings. The van der Waals surface area contributed by atoms with E-state index >= 15 is 0 Å². The third-order valence-corrected chi connectivity index (χ3v) is 7.70. The number of amides is 1. The van der Waals surface area contributed by atoms with Gasteiger partial charge in [-0.15, -0.1) is 0 Å². The Kier molecular flexibility index (Phi) is 6.69. The summed E-state index contributed by atoms with van der Waals surface area (Å²) in [6, 6.07) is 5.76. The molecule has 1 N–H and O–H groups in total. The predicted molar refractivity (Wildman–Crippen MR) is 125 cm³/mol. The minimum Gasteiger partial charge on any atom is -0.357 e. The van der Waals surface area contributed by atoms with Crippen LogP contribution in [-0.4, -0.2) is 67.1 Å². The van der Waals surface area contributed by atoms with Gasteiger partial charge in [-0.3, -0.25) is 9.78 Å². The van der Waals surface area contributed by atoms with E-state index in [0.29, 0.717) is 24.5 Å². The van der Waals surface area contributed by atoms with Crippen molar-refractivity contribution >= 4 is 33.3 Å². The molecule has 8 nitrogen and oxygen atoms in total. The number of halogens is 1. The van der Waals surface area contributed by atoms with Crippen molar-refractivity contribution in [2.24, 2.45) is 5.92 Å². The number of hydrogen-bond donors (Lipinski definition) is 1. The van der Waals surface area contributed by atoms with Gasteiger partial charge in [0.15, 0.2) is 0 Å². The number of nitrogens with one attached hydrogen (secondary N) is 1. The number of pyridine rings is 2. The summed E-state index contributed by atoms with van der Waals surface area (Å²) in [7, 11) is -3.21. The Labute approximate surface area is 194 Å². The monoisotopic (exact) mass is 477 g/mol. The molecule has 2 saturated heterocycles. The van der Waals surface area contributed by atoms with Crippen LogP contribution >= 0.6 is 11.6 Å². The zero-order valence-corrected chi connectivity index (χ0v) is 19.9. The van der Waals surface area contributed by atoms with Crippen LogP contribution in [0, 0.1) is 12.8 Å².